The van der Waals surface area contributed by atoms with Gasteiger partial charge in [-0.3, -0.25) is 9.08 Å². The molecular formula is C21H19N7. The molecule has 1 aromatic carbocycles. The van der Waals surface area contributed by atoms with E-state index in [1.54, 1.807) is 0 Å². The van der Waals surface area contributed by atoms with E-state index < -0.39 is 0 Å². The number of pyridine rings is 1. The van der Waals surface area contributed by atoms with Crippen molar-refractivity contribution in [1.82, 2.24) is 33.9 Å². The summed E-state index contributed by atoms with van der Waals surface area (Å²) in [7, 11) is 0. The highest BCUT2D eigenvalue weighted by atomic mass is 15.3. The first-order valence-electron chi connectivity index (χ1n) is 9.25. The summed E-state index contributed by atoms with van der Waals surface area (Å²) in [6, 6.07) is 16.1. The molecule has 4 heterocycles. The lowest BCUT2D eigenvalue weighted by atomic mass is 10.1. The fourth-order valence-corrected chi connectivity index (χ4v) is 3.42. The van der Waals surface area contributed by atoms with E-state index in [0.29, 0.717) is 6.54 Å². The van der Waals surface area contributed by atoms with Gasteiger partial charge in [0.15, 0.2) is 11.5 Å². The number of benzene rings is 1. The Labute approximate surface area is 161 Å². The van der Waals surface area contributed by atoms with Crippen LogP contribution in [0.2, 0.25) is 0 Å². The molecule has 0 bridgehead atoms. The van der Waals surface area contributed by atoms with Crippen molar-refractivity contribution >= 4 is 5.65 Å². The molecule has 0 aliphatic rings. The SMILES string of the molecule is CCn1cc(-c2c(-c3ccccc3)ncn2Cc2nnc3ccccn23)cn1. The lowest BCUT2D eigenvalue weighted by Crippen LogP contribution is -2.05. The van der Waals surface area contributed by atoms with Crippen LogP contribution in [0.15, 0.2) is 73.4 Å². The van der Waals surface area contributed by atoms with Crippen LogP contribution < -0.4 is 0 Å². The first-order chi connectivity index (χ1) is 13.8. The summed E-state index contributed by atoms with van der Waals surface area (Å²) in [4.78, 5) is 4.73. The molecule has 0 fully saturated rings. The van der Waals surface area contributed by atoms with Gasteiger partial charge in [0.05, 0.1) is 30.5 Å². The lowest BCUT2D eigenvalue weighted by molar-refractivity contribution is 0.660. The van der Waals surface area contributed by atoms with Crippen molar-refractivity contribution in [2.75, 3.05) is 0 Å². The zero-order valence-electron chi connectivity index (χ0n) is 15.5. The number of imidazole rings is 1. The maximum Gasteiger partial charge on any atom is 0.160 e. The predicted octanol–water partition coefficient (Wildman–Crippen LogP) is 3.52. The van der Waals surface area contributed by atoms with Gasteiger partial charge in [0, 0.05) is 30.1 Å². The molecule has 4 aromatic heterocycles. The molecule has 0 N–H and O–H groups in total. The minimum atomic E-state index is 0.567. The monoisotopic (exact) mass is 369 g/mol. The fourth-order valence-electron chi connectivity index (χ4n) is 3.42. The van der Waals surface area contributed by atoms with Crippen molar-refractivity contribution in [3.05, 3.63) is 79.3 Å². The van der Waals surface area contributed by atoms with E-state index in [1.807, 2.05) is 64.2 Å². The summed E-state index contributed by atoms with van der Waals surface area (Å²) in [5.74, 6) is 0.858. The van der Waals surface area contributed by atoms with Crippen LogP contribution in [-0.4, -0.2) is 33.9 Å². The molecule has 7 nitrogen and oxygen atoms in total. The maximum absolute atomic E-state index is 4.73. The first-order valence-corrected chi connectivity index (χ1v) is 9.25. The topological polar surface area (TPSA) is 65.8 Å². The average molecular weight is 369 g/mol. The predicted molar refractivity (Wildman–Crippen MR) is 107 cm³/mol. The Kier molecular flexibility index (Phi) is 3.97. The van der Waals surface area contributed by atoms with Crippen LogP contribution in [0.4, 0.5) is 0 Å². The molecule has 0 aliphatic heterocycles. The highest BCUT2D eigenvalue weighted by Gasteiger charge is 2.18. The molecular weight excluding hydrogens is 350 g/mol. The summed E-state index contributed by atoms with van der Waals surface area (Å²) < 4.78 is 6.04. The Morgan fingerprint density at radius 1 is 0.929 bits per heavy atom. The standard InChI is InChI=1S/C21H19N7/c1-2-27-13-17(12-23-27)21-20(16-8-4-3-5-9-16)22-15-26(21)14-19-25-24-18-10-6-7-11-28(18)19/h3-13,15H,2,14H2,1H3. The van der Waals surface area contributed by atoms with Gasteiger partial charge in [0.25, 0.3) is 0 Å². The highest BCUT2D eigenvalue weighted by Crippen LogP contribution is 2.31. The fraction of sp³-hybridized carbons (Fsp3) is 0.143. The normalized spacial score (nSPS) is 11.3. The molecule has 7 heteroatoms. The van der Waals surface area contributed by atoms with Crippen LogP contribution in [0.1, 0.15) is 12.7 Å². The molecule has 0 saturated heterocycles. The van der Waals surface area contributed by atoms with E-state index in [-0.39, 0.29) is 0 Å². The lowest BCUT2D eigenvalue weighted by Gasteiger charge is -2.08. The van der Waals surface area contributed by atoms with Gasteiger partial charge in [-0.1, -0.05) is 36.4 Å². The average Bonchev–Trinajstić information content (AvgIpc) is 3.47. The number of hydrogen-bond donors (Lipinski definition) is 0. The molecule has 0 amide bonds. The molecule has 0 saturated carbocycles. The van der Waals surface area contributed by atoms with Crippen molar-refractivity contribution in [3.8, 4) is 22.5 Å². The number of aryl methyl sites for hydroxylation is 1. The number of aromatic nitrogens is 7. The Morgan fingerprint density at radius 3 is 2.61 bits per heavy atom. The number of nitrogens with zero attached hydrogens (tertiary/aromatic N) is 7. The Bertz CT molecular complexity index is 1230. The zero-order valence-corrected chi connectivity index (χ0v) is 15.5. The van der Waals surface area contributed by atoms with E-state index >= 15 is 0 Å². The molecule has 0 aliphatic carbocycles. The van der Waals surface area contributed by atoms with E-state index in [4.69, 9.17) is 4.98 Å². The van der Waals surface area contributed by atoms with Gasteiger partial charge in [-0.05, 0) is 19.1 Å². The minimum Gasteiger partial charge on any atom is -0.322 e. The van der Waals surface area contributed by atoms with E-state index in [0.717, 1.165) is 40.5 Å². The summed E-state index contributed by atoms with van der Waals surface area (Å²) in [6.07, 6.45) is 7.80. The summed E-state index contributed by atoms with van der Waals surface area (Å²) >= 11 is 0. The van der Waals surface area contributed by atoms with Gasteiger partial charge in [0.1, 0.15) is 0 Å². The van der Waals surface area contributed by atoms with E-state index in [9.17, 15) is 0 Å². The van der Waals surface area contributed by atoms with Crippen molar-refractivity contribution in [1.29, 1.82) is 0 Å². The summed E-state index contributed by atoms with van der Waals surface area (Å²) in [5, 5.41) is 13.1. The molecule has 5 rings (SSSR count). The molecule has 0 spiro atoms. The van der Waals surface area contributed by atoms with Gasteiger partial charge < -0.3 is 4.57 Å². The molecule has 0 radical (unpaired) electrons. The minimum absolute atomic E-state index is 0.567. The van der Waals surface area contributed by atoms with E-state index in [1.165, 1.54) is 0 Å². The Hall–Kier alpha value is -3.74. The molecule has 138 valence electrons. The smallest absolute Gasteiger partial charge is 0.160 e. The zero-order chi connectivity index (χ0) is 18.9. The molecule has 0 unspecified atom stereocenters. The van der Waals surface area contributed by atoms with Gasteiger partial charge in [0.2, 0.25) is 0 Å². The Morgan fingerprint density at radius 2 is 1.79 bits per heavy atom. The summed E-state index contributed by atoms with van der Waals surface area (Å²) in [5.41, 5.74) is 4.91. The van der Waals surface area contributed by atoms with Crippen LogP contribution in [0.5, 0.6) is 0 Å². The molecule has 28 heavy (non-hydrogen) atoms. The third-order valence-corrected chi connectivity index (χ3v) is 4.81. The maximum atomic E-state index is 4.73. The van der Waals surface area contributed by atoms with Crippen molar-refractivity contribution < 1.29 is 0 Å². The van der Waals surface area contributed by atoms with Crippen LogP contribution >= 0.6 is 0 Å². The van der Waals surface area contributed by atoms with Gasteiger partial charge >= 0.3 is 0 Å². The third-order valence-electron chi connectivity index (χ3n) is 4.81. The quantitative estimate of drug-likeness (QED) is 0.475. The molecule has 0 atom stereocenters. The number of fused-ring (bicyclic) bond motifs is 1. The van der Waals surface area contributed by atoms with Crippen LogP contribution in [0, 0.1) is 0 Å². The second-order valence-corrected chi connectivity index (χ2v) is 6.57. The van der Waals surface area contributed by atoms with Gasteiger partial charge in [-0.2, -0.15) is 5.10 Å². The third kappa shape index (κ3) is 2.77. The van der Waals surface area contributed by atoms with Crippen LogP contribution in [-0.2, 0) is 13.1 Å². The second-order valence-electron chi connectivity index (χ2n) is 6.57. The van der Waals surface area contributed by atoms with Crippen molar-refractivity contribution in [3.63, 3.8) is 0 Å². The number of hydrogen-bond acceptors (Lipinski definition) is 4. The molecule has 5 aromatic rings. The largest absolute Gasteiger partial charge is 0.322 e. The van der Waals surface area contributed by atoms with Crippen LogP contribution in [0.3, 0.4) is 0 Å². The van der Waals surface area contributed by atoms with Crippen molar-refractivity contribution in [2.45, 2.75) is 20.0 Å². The Balaban J connectivity index is 1.64. The van der Waals surface area contributed by atoms with Crippen molar-refractivity contribution in [2.24, 2.45) is 0 Å². The van der Waals surface area contributed by atoms with Crippen LogP contribution in [0.25, 0.3) is 28.2 Å². The van der Waals surface area contributed by atoms with Gasteiger partial charge in [-0.25, -0.2) is 4.98 Å². The summed E-state index contributed by atoms with van der Waals surface area (Å²) in [6.45, 7) is 3.47. The number of rotatable bonds is 5. The van der Waals surface area contributed by atoms with Gasteiger partial charge in [-0.15, -0.1) is 10.2 Å². The first kappa shape index (κ1) is 16.4. The highest BCUT2D eigenvalue weighted by molar-refractivity contribution is 5.78. The van der Waals surface area contributed by atoms with E-state index in [2.05, 4.69) is 45.1 Å². The second kappa shape index (κ2) is 6.77.